The molecule has 0 unspecified atom stereocenters. The first-order valence-electron chi connectivity index (χ1n) is 11.2. The van der Waals surface area contributed by atoms with Crippen LogP contribution in [0.15, 0.2) is 88.8 Å². The average Bonchev–Trinajstić information content (AvgIpc) is 2.88. The zero-order valence-electron chi connectivity index (χ0n) is 20.1. The van der Waals surface area contributed by atoms with Crippen LogP contribution in [0.5, 0.6) is 5.75 Å². The molecule has 0 amide bonds. The van der Waals surface area contributed by atoms with E-state index in [9.17, 15) is 31.4 Å². The number of benzene rings is 3. The average molecular weight is 554 g/mol. The number of nitrogens with zero attached hydrogens (tertiary/aromatic N) is 1. The quantitative estimate of drug-likeness (QED) is 0.201. The van der Waals surface area contributed by atoms with Gasteiger partial charge < -0.3 is 5.11 Å². The van der Waals surface area contributed by atoms with Crippen LogP contribution < -0.4 is 0 Å². The fraction of sp³-hybridized carbons (Fsp3) is 0.100. The Morgan fingerprint density at radius 3 is 1.67 bits per heavy atom. The number of hydrogen-bond donors (Lipinski definition) is 1. The van der Waals surface area contributed by atoms with E-state index in [0.29, 0.717) is 33.0 Å². The maximum absolute atomic E-state index is 12.8. The highest BCUT2D eigenvalue weighted by Gasteiger charge is 2.30. The normalized spacial score (nSPS) is 11.3. The van der Waals surface area contributed by atoms with Gasteiger partial charge in [0.2, 0.25) is 0 Å². The molecule has 0 saturated carbocycles. The van der Waals surface area contributed by atoms with Crippen molar-refractivity contribution in [2.45, 2.75) is 29.2 Å². The SMILES string of the molecule is Cc1cc(Sc2cc(C#Cc3ccc(C(F)(F)F)cc3)cc(C#Cc3ccc(C(F)(F)F)cc3)n2)ccc1O. The Bertz CT molecular complexity index is 1520. The molecule has 1 heterocycles. The van der Waals surface area contributed by atoms with Crippen LogP contribution in [0.25, 0.3) is 0 Å². The Balaban J connectivity index is 1.67. The summed E-state index contributed by atoms with van der Waals surface area (Å²) >= 11 is 1.28. The Morgan fingerprint density at radius 2 is 1.15 bits per heavy atom. The Kier molecular flexibility index (Phi) is 7.94. The number of aryl methyl sites for hydroxylation is 1. The molecule has 0 spiro atoms. The van der Waals surface area contributed by atoms with Crippen LogP contribution in [0, 0.1) is 30.6 Å². The minimum atomic E-state index is -4.45. The summed E-state index contributed by atoms with van der Waals surface area (Å²) in [5, 5.41) is 10.3. The number of rotatable bonds is 2. The zero-order valence-corrected chi connectivity index (χ0v) is 20.9. The smallest absolute Gasteiger partial charge is 0.416 e. The van der Waals surface area contributed by atoms with E-state index in [4.69, 9.17) is 0 Å². The first kappa shape index (κ1) is 27.7. The zero-order chi connectivity index (χ0) is 28.2. The number of pyridine rings is 1. The summed E-state index contributed by atoms with van der Waals surface area (Å²) < 4.78 is 77.0. The van der Waals surface area contributed by atoms with Crippen LogP contribution in [0.2, 0.25) is 0 Å². The second kappa shape index (κ2) is 11.2. The van der Waals surface area contributed by atoms with Crippen LogP contribution in [0.3, 0.4) is 0 Å². The summed E-state index contributed by atoms with van der Waals surface area (Å²) in [5.41, 5.74) is 0.623. The molecule has 0 aliphatic rings. The van der Waals surface area contributed by atoms with Gasteiger partial charge in [-0.2, -0.15) is 26.3 Å². The molecule has 0 aliphatic heterocycles. The van der Waals surface area contributed by atoms with Gasteiger partial charge in [-0.15, -0.1) is 0 Å². The van der Waals surface area contributed by atoms with Crippen LogP contribution in [0.4, 0.5) is 26.3 Å². The van der Waals surface area contributed by atoms with Crippen LogP contribution in [-0.2, 0) is 12.4 Å². The number of aromatic nitrogens is 1. The fourth-order valence-corrected chi connectivity index (χ4v) is 4.21. The van der Waals surface area contributed by atoms with Crippen molar-refractivity contribution in [2.24, 2.45) is 0 Å². The molecule has 0 aliphatic carbocycles. The molecule has 2 nitrogen and oxygen atoms in total. The number of hydrogen-bond acceptors (Lipinski definition) is 3. The van der Waals surface area contributed by atoms with E-state index < -0.39 is 23.5 Å². The number of alkyl halides is 6. The molecule has 0 bridgehead atoms. The van der Waals surface area contributed by atoms with Crippen molar-refractivity contribution in [3.63, 3.8) is 0 Å². The predicted octanol–water partition coefficient (Wildman–Crippen LogP) is 8.08. The Hall–Kier alpha value is -4.34. The van der Waals surface area contributed by atoms with E-state index in [1.54, 1.807) is 37.3 Å². The molecule has 0 fully saturated rings. The maximum atomic E-state index is 12.8. The molecule has 1 N–H and O–H groups in total. The van der Waals surface area contributed by atoms with Crippen molar-refractivity contribution in [1.82, 2.24) is 4.98 Å². The third-order valence-electron chi connectivity index (χ3n) is 5.30. The topological polar surface area (TPSA) is 33.1 Å². The summed E-state index contributed by atoms with van der Waals surface area (Å²) in [5.74, 6) is 11.5. The lowest BCUT2D eigenvalue weighted by Crippen LogP contribution is -2.04. The third kappa shape index (κ3) is 7.59. The molecular weight excluding hydrogens is 536 g/mol. The first-order chi connectivity index (χ1) is 18.4. The third-order valence-corrected chi connectivity index (χ3v) is 6.21. The lowest BCUT2D eigenvalue weighted by molar-refractivity contribution is -0.138. The van der Waals surface area contributed by atoms with Gasteiger partial charge in [-0.05, 0) is 97.3 Å². The number of aromatic hydroxyl groups is 1. The monoisotopic (exact) mass is 553 g/mol. The van der Waals surface area contributed by atoms with Crippen LogP contribution in [-0.4, -0.2) is 10.1 Å². The van der Waals surface area contributed by atoms with Gasteiger partial charge in [0.05, 0.1) is 11.1 Å². The molecule has 3 aromatic carbocycles. The minimum Gasteiger partial charge on any atom is -0.508 e. The van der Waals surface area contributed by atoms with E-state index in [2.05, 4.69) is 28.7 Å². The van der Waals surface area contributed by atoms with Gasteiger partial charge in [0.1, 0.15) is 16.5 Å². The van der Waals surface area contributed by atoms with Gasteiger partial charge in [0.15, 0.2) is 0 Å². The predicted molar refractivity (Wildman–Crippen MR) is 136 cm³/mol. The van der Waals surface area contributed by atoms with Crippen molar-refractivity contribution in [3.05, 3.63) is 118 Å². The summed E-state index contributed by atoms with van der Waals surface area (Å²) in [6.07, 6.45) is -8.90. The van der Waals surface area contributed by atoms with Gasteiger partial charge in [-0.3, -0.25) is 0 Å². The van der Waals surface area contributed by atoms with Crippen LogP contribution in [0.1, 0.15) is 39.1 Å². The van der Waals surface area contributed by atoms with Crippen molar-refractivity contribution < 1.29 is 31.4 Å². The molecule has 196 valence electrons. The van der Waals surface area contributed by atoms with Crippen LogP contribution >= 0.6 is 11.8 Å². The second-order valence-corrected chi connectivity index (χ2v) is 9.37. The molecule has 4 rings (SSSR count). The fourth-order valence-electron chi connectivity index (χ4n) is 3.27. The van der Waals surface area contributed by atoms with Crippen molar-refractivity contribution in [2.75, 3.05) is 0 Å². The van der Waals surface area contributed by atoms with E-state index in [0.717, 1.165) is 29.2 Å². The van der Waals surface area contributed by atoms with Gasteiger partial charge in [0.25, 0.3) is 0 Å². The summed E-state index contributed by atoms with van der Waals surface area (Å²) in [4.78, 5) is 5.28. The second-order valence-electron chi connectivity index (χ2n) is 8.28. The van der Waals surface area contributed by atoms with E-state index in [1.807, 2.05) is 0 Å². The molecule has 9 heteroatoms. The molecule has 4 aromatic rings. The van der Waals surface area contributed by atoms with E-state index in [-0.39, 0.29) is 5.75 Å². The first-order valence-corrected chi connectivity index (χ1v) is 12.1. The lowest BCUT2D eigenvalue weighted by Gasteiger charge is -2.06. The molecule has 1 aromatic heterocycles. The molecule has 0 saturated heterocycles. The molecule has 0 radical (unpaired) electrons. The summed E-state index contributed by atoms with van der Waals surface area (Å²) in [7, 11) is 0. The molecular formula is C30H17F6NOS. The molecule has 0 atom stereocenters. The maximum Gasteiger partial charge on any atom is 0.416 e. The molecule has 39 heavy (non-hydrogen) atoms. The van der Waals surface area contributed by atoms with Crippen molar-refractivity contribution in [3.8, 4) is 29.4 Å². The van der Waals surface area contributed by atoms with Gasteiger partial charge in [0, 0.05) is 21.6 Å². The summed E-state index contributed by atoms with van der Waals surface area (Å²) in [6.45, 7) is 1.75. The highest BCUT2D eigenvalue weighted by atomic mass is 32.2. The number of halogens is 6. The van der Waals surface area contributed by atoms with Crippen molar-refractivity contribution >= 4 is 11.8 Å². The van der Waals surface area contributed by atoms with Gasteiger partial charge >= 0.3 is 12.4 Å². The van der Waals surface area contributed by atoms with Gasteiger partial charge in [-0.1, -0.05) is 29.5 Å². The van der Waals surface area contributed by atoms with E-state index in [1.165, 1.54) is 36.0 Å². The highest BCUT2D eigenvalue weighted by Crippen LogP contribution is 2.31. The minimum absolute atomic E-state index is 0.145. The Morgan fingerprint density at radius 1 is 0.641 bits per heavy atom. The summed E-state index contributed by atoms with van der Waals surface area (Å²) in [6, 6.07) is 17.2. The number of phenols is 1. The Labute approximate surface area is 224 Å². The van der Waals surface area contributed by atoms with Gasteiger partial charge in [-0.25, -0.2) is 4.98 Å². The lowest BCUT2D eigenvalue weighted by atomic mass is 10.1. The van der Waals surface area contributed by atoms with Crippen molar-refractivity contribution in [1.29, 1.82) is 0 Å². The number of phenolic OH excluding ortho intramolecular Hbond substituents is 1. The largest absolute Gasteiger partial charge is 0.508 e. The van der Waals surface area contributed by atoms with E-state index >= 15 is 0 Å². The highest BCUT2D eigenvalue weighted by molar-refractivity contribution is 7.99. The standard InChI is InChI=1S/C30H17F6NOS/c1-19-16-26(14-15-27(19)38)39-28-18-22(3-2-20-4-9-23(10-5-20)29(31,32)33)17-25(37-28)13-8-21-6-11-24(12-7-21)30(34,35)36/h4-7,9-12,14-18,38H,1H3.